The summed E-state index contributed by atoms with van der Waals surface area (Å²) in [7, 11) is 0. The number of carboxylic acids is 1. The van der Waals surface area contributed by atoms with Gasteiger partial charge >= 0.3 is 12.1 Å². The van der Waals surface area contributed by atoms with Crippen molar-refractivity contribution in [2.75, 3.05) is 13.2 Å². The molecule has 0 radical (unpaired) electrons. The SMILES string of the molecule is CCC(C)(NC(=O)/C=C/CNC(=O)OCC1c2ccccc2-c2ccccc21)C(=O)O. The molecule has 162 valence electrons. The van der Waals surface area contributed by atoms with Crippen LogP contribution in [0.3, 0.4) is 0 Å². The summed E-state index contributed by atoms with van der Waals surface area (Å²) in [5, 5.41) is 14.2. The first-order chi connectivity index (χ1) is 14.9. The van der Waals surface area contributed by atoms with Crippen molar-refractivity contribution >= 4 is 18.0 Å². The van der Waals surface area contributed by atoms with Crippen LogP contribution in [0.15, 0.2) is 60.7 Å². The number of aliphatic carboxylic acids is 1. The van der Waals surface area contributed by atoms with E-state index in [1.165, 1.54) is 19.1 Å². The molecule has 0 fully saturated rings. The molecule has 7 nitrogen and oxygen atoms in total. The third-order valence-corrected chi connectivity index (χ3v) is 5.56. The molecule has 0 aromatic heterocycles. The van der Waals surface area contributed by atoms with E-state index >= 15 is 0 Å². The highest BCUT2D eigenvalue weighted by Gasteiger charge is 2.32. The lowest BCUT2D eigenvalue weighted by Crippen LogP contribution is -2.51. The summed E-state index contributed by atoms with van der Waals surface area (Å²) in [6, 6.07) is 16.2. The average Bonchev–Trinajstić information content (AvgIpc) is 3.09. The van der Waals surface area contributed by atoms with Crippen LogP contribution in [0.1, 0.15) is 37.3 Å². The fourth-order valence-electron chi connectivity index (χ4n) is 3.56. The molecule has 0 heterocycles. The van der Waals surface area contributed by atoms with E-state index in [0.717, 1.165) is 22.3 Å². The Morgan fingerprint density at radius 1 is 1.06 bits per heavy atom. The number of alkyl carbamates (subject to hydrolysis) is 1. The Labute approximate surface area is 181 Å². The van der Waals surface area contributed by atoms with Crippen LogP contribution in [0, 0.1) is 0 Å². The summed E-state index contributed by atoms with van der Waals surface area (Å²) in [6.07, 6.45) is 2.30. The van der Waals surface area contributed by atoms with Gasteiger partial charge in [0.1, 0.15) is 12.1 Å². The molecule has 0 aliphatic heterocycles. The lowest BCUT2D eigenvalue weighted by Gasteiger charge is -2.23. The van der Waals surface area contributed by atoms with Gasteiger partial charge in [-0.15, -0.1) is 0 Å². The first-order valence-electron chi connectivity index (χ1n) is 10.2. The molecule has 2 amide bonds. The number of nitrogens with one attached hydrogen (secondary N) is 2. The molecular weight excluding hydrogens is 396 g/mol. The van der Waals surface area contributed by atoms with Crippen LogP contribution in [0.5, 0.6) is 0 Å². The average molecular weight is 422 g/mol. The Morgan fingerprint density at radius 2 is 1.65 bits per heavy atom. The zero-order valence-corrected chi connectivity index (χ0v) is 17.6. The maximum atomic E-state index is 12.1. The first-order valence-corrected chi connectivity index (χ1v) is 10.2. The fraction of sp³-hybridized carbons (Fsp3) is 0.292. The van der Waals surface area contributed by atoms with E-state index in [1.54, 1.807) is 6.92 Å². The van der Waals surface area contributed by atoms with Gasteiger partial charge in [0.15, 0.2) is 0 Å². The highest BCUT2D eigenvalue weighted by molar-refractivity contribution is 5.92. The van der Waals surface area contributed by atoms with Gasteiger partial charge in [-0.25, -0.2) is 9.59 Å². The van der Waals surface area contributed by atoms with E-state index in [0.29, 0.717) is 0 Å². The predicted molar refractivity (Wildman–Crippen MR) is 117 cm³/mol. The number of benzene rings is 2. The number of fused-ring (bicyclic) bond motifs is 3. The summed E-state index contributed by atoms with van der Waals surface area (Å²) in [4.78, 5) is 35.2. The van der Waals surface area contributed by atoms with E-state index in [1.807, 2.05) is 36.4 Å². The quantitative estimate of drug-likeness (QED) is 0.565. The number of rotatable bonds is 8. The number of amides is 2. The number of carbonyl (C=O) groups is 3. The molecule has 0 spiro atoms. The van der Waals surface area contributed by atoms with Gasteiger partial charge in [0.25, 0.3) is 0 Å². The minimum absolute atomic E-state index is 0.0257. The van der Waals surface area contributed by atoms with Gasteiger partial charge in [0, 0.05) is 18.5 Å². The molecular formula is C24H26N2O5. The van der Waals surface area contributed by atoms with Gasteiger partial charge in [-0.1, -0.05) is 61.5 Å². The lowest BCUT2D eigenvalue weighted by molar-refractivity contribution is -0.146. The van der Waals surface area contributed by atoms with Crippen LogP contribution in [0.2, 0.25) is 0 Å². The Bertz CT molecular complexity index is 971. The number of hydrogen-bond acceptors (Lipinski definition) is 4. The Morgan fingerprint density at radius 3 is 2.19 bits per heavy atom. The molecule has 3 rings (SSSR count). The van der Waals surface area contributed by atoms with E-state index in [-0.39, 0.29) is 25.5 Å². The predicted octanol–water partition coefficient (Wildman–Crippen LogP) is 3.45. The molecule has 1 unspecified atom stereocenters. The van der Waals surface area contributed by atoms with Crippen LogP contribution in [0.4, 0.5) is 4.79 Å². The van der Waals surface area contributed by atoms with E-state index in [2.05, 4.69) is 22.8 Å². The monoisotopic (exact) mass is 422 g/mol. The van der Waals surface area contributed by atoms with Crippen LogP contribution in [0.25, 0.3) is 11.1 Å². The van der Waals surface area contributed by atoms with E-state index in [9.17, 15) is 19.5 Å². The molecule has 7 heteroatoms. The zero-order chi connectivity index (χ0) is 22.4. The molecule has 3 N–H and O–H groups in total. The molecule has 2 aromatic rings. The van der Waals surface area contributed by atoms with Crippen molar-refractivity contribution in [2.24, 2.45) is 0 Å². The summed E-state index contributed by atoms with van der Waals surface area (Å²) in [5.41, 5.74) is 3.24. The van der Waals surface area contributed by atoms with Crippen molar-refractivity contribution < 1.29 is 24.2 Å². The van der Waals surface area contributed by atoms with Gasteiger partial charge in [-0.2, -0.15) is 0 Å². The van der Waals surface area contributed by atoms with Crippen molar-refractivity contribution in [3.8, 4) is 11.1 Å². The maximum absolute atomic E-state index is 12.1. The molecule has 1 aliphatic rings. The third kappa shape index (κ3) is 4.94. The first kappa shape index (κ1) is 22.1. The van der Waals surface area contributed by atoms with Crippen LogP contribution in [-0.4, -0.2) is 41.8 Å². The third-order valence-electron chi connectivity index (χ3n) is 5.56. The van der Waals surface area contributed by atoms with Crippen LogP contribution < -0.4 is 10.6 Å². The number of carbonyl (C=O) groups excluding carboxylic acids is 2. The standard InChI is InChI=1S/C24H26N2O5/c1-3-24(2,22(28)29)26-21(27)13-8-14-25-23(30)31-15-20-18-11-6-4-9-16(18)17-10-5-7-12-19(17)20/h4-13,20H,3,14-15H2,1-2H3,(H,25,30)(H,26,27)(H,28,29)/b13-8+. The molecule has 31 heavy (non-hydrogen) atoms. The number of carboxylic acid groups (broad SMARTS) is 1. The Hall–Kier alpha value is -3.61. The molecule has 2 aromatic carbocycles. The molecule has 1 atom stereocenters. The zero-order valence-electron chi connectivity index (χ0n) is 17.6. The second kappa shape index (κ2) is 9.47. The smallest absolute Gasteiger partial charge is 0.407 e. The van der Waals surface area contributed by atoms with Crippen molar-refractivity contribution in [1.82, 2.24) is 10.6 Å². The molecule has 0 saturated heterocycles. The Balaban J connectivity index is 1.50. The van der Waals surface area contributed by atoms with Gasteiger partial charge < -0.3 is 20.5 Å². The lowest BCUT2D eigenvalue weighted by atomic mass is 9.98. The highest BCUT2D eigenvalue weighted by Crippen LogP contribution is 2.44. The van der Waals surface area contributed by atoms with Crippen molar-refractivity contribution in [3.05, 3.63) is 71.8 Å². The maximum Gasteiger partial charge on any atom is 0.407 e. The topological polar surface area (TPSA) is 105 Å². The van der Waals surface area contributed by atoms with Crippen molar-refractivity contribution in [1.29, 1.82) is 0 Å². The number of ether oxygens (including phenoxy) is 1. The second-order valence-electron chi connectivity index (χ2n) is 7.59. The second-order valence-corrected chi connectivity index (χ2v) is 7.59. The summed E-state index contributed by atoms with van der Waals surface area (Å²) in [6.45, 7) is 3.41. The van der Waals surface area contributed by atoms with E-state index in [4.69, 9.17) is 4.74 Å². The van der Waals surface area contributed by atoms with Gasteiger partial charge in [0.2, 0.25) is 5.91 Å². The van der Waals surface area contributed by atoms with Gasteiger partial charge in [0.05, 0.1) is 0 Å². The van der Waals surface area contributed by atoms with E-state index < -0.39 is 23.5 Å². The summed E-state index contributed by atoms with van der Waals surface area (Å²) in [5.74, 6) is -1.67. The minimum atomic E-state index is -1.33. The largest absolute Gasteiger partial charge is 0.480 e. The van der Waals surface area contributed by atoms with Crippen LogP contribution in [-0.2, 0) is 14.3 Å². The van der Waals surface area contributed by atoms with Crippen molar-refractivity contribution in [3.63, 3.8) is 0 Å². The minimum Gasteiger partial charge on any atom is -0.480 e. The van der Waals surface area contributed by atoms with Gasteiger partial charge in [-0.05, 0) is 35.6 Å². The summed E-state index contributed by atoms with van der Waals surface area (Å²) >= 11 is 0. The summed E-state index contributed by atoms with van der Waals surface area (Å²) < 4.78 is 5.41. The number of hydrogen-bond donors (Lipinski definition) is 3. The normalized spacial score (nSPS) is 14.4. The van der Waals surface area contributed by atoms with Gasteiger partial charge in [-0.3, -0.25) is 4.79 Å². The highest BCUT2D eigenvalue weighted by atomic mass is 16.5. The fourth-order valence-corrected chi connectivity index (χ4v) is 3.56. The molecule has 1 aliphatic carbocycles. The van der Waals surface area contributed by atoms with Crippen LogP contribution >= 0.6 is 0 Å². The molecule has 0 bridgehead atoms. The molecule has 0 saturated carbocycles. The Kier molecular flexibility index (Phi) is 6.74. The van der Waals surface area contributed by atoms with Crippen molar-refractivity contribution in [2.45, 2.75) is 31.7 Å².